The Morgan fingerprint density at radius 1 is 1.26 bits per heavy atom. The van der Waals surface area contributed by atoms with Crippen LogP contribution in [0.1, 0.15) is 21.5 Å². The van der Waals surface area contributed by atoms with Crippen molar-refractivity contribution in [3.63, 3.8) is 0 Å². The average Bonchev–Trinajstić information content (AvgIpc) is 2.39. The quantitative estimate of drug-likeness (QED) is 0.914. The van der Waals surface area contributed by atoms with Crippen molar-refractivity contribution in [2.75, 3.05) is 0 Å². The van der Waals surface area contributed by atoms with Gasteiger partial charge in [-0.15, -0.1) is 0 Å². The summed E-state index contributed by atoms with van der Waals surface area (Å²) < 4.78 is 14.2. The first-order valence-electron chi connectivity index (χ1n) is 5.85. The van der Waals surface area contributed by atoms with Crippen molar-refractivity contribution in [2.24, 2.45) is 0 Å². The number of aryl methyl sites for hydroxylation is 1. The highest BCUT2D eigenvalue weighted by Gasteiger charge is 2.11. The van der Waals surface area contributed by atoms with Gasteiger partial charge in [0.1, 0.15) is 5.82 Å². The minimum Gasteiger partial charge on any atom is -0.348 e. The Balaban J connectivity index is 2.07. The SMILES string of the molecule is Cc1cccc(CNC(=O)c2cc(Br)ccc2F)c1. The van der Waals surface area contributed by atoms with Gasteiger partial charge in [0.15, 0.2) is 0 Å². The first kappa shape index (κ1) is 13.7. The molecule has 0 bridgehead atoms. The van der Waals surface area contributed by atoms with Gasteiger partial charge in [-0.3, -0.25) is 4.79 Å². The molecule has 0 aliphatic heterocycles. The van der Waals surface area contributed by atoms with Gasteiger partial charge < -0.3 is 5.32 Å². The van der Waals surface area contributed by atoms with E-state index >= 15 is 0 Å². The molecule has 0 heterocycles. The van der Waals surface area contributed by atoms with Crippen LogP contribution in [-0.2, 0) is 6.54 Å². The summed E-state index contributed by atoms with van der Waals surface area (Å²) in [5, 5.41) is 2.71. The summed E-state index contributed by atoms with van der Waals surface area (Å²) in [4.78, 5) is 11.9. The van der Waals surface area contributed by atoms with Crippen LogP contribution in [-0.4, -0.2) is 5.91 Å². The van der Waals surface area contributed by atoms with Gasteiger partial charge in [0.2, 0.25) is 0 Å². The number of amides is 1. The molecule has 0 fully saturated rings. The monoisotopic (exact) mass is 321 g/mol. The van der Waals surface area contributed by atoms with E-state index in [0.717, 1.165) is 11.1 Å². The lowest BCUT2D eigenvalue weighted by Crippen LogP contribution is -2.23. The van der Waals surface area contributed by atoms with Crippen LogP contribution in [0.25, 0.3) is 0 Å². The molecule has 1 amide bonds. The van der Waals surface area contributed by atoms with Crippen molar-refractivity contribution in [2.45, 2.75) is 13.5 Å². The molecule has 19 heavy (non-hydrogen) atoms. The van der Waals surface area contributed by atoms with Gasteiger partial charge in [-0.2, -0.15) is 0 Å². The number of hydrogen-bond acceptors (Lipinski definition) is 1. The maximum Gasteiger partial charge on any atom is 0.254 e. The molecule has 98 valence electrons. The summed E-state index contributed by atoms with van der Waals surface area (Å²) in [6, 6.07) is 12.1. The van der Waals surface area contributed by atoms with E-state index in [9.17, 15) is 9.18 Å². The second kappa shape index (κ2) is 5.97. The van der Waals surface area contributed by atoms with E-state index in [-0.39, 0.29) is 5.56 Å². The van der Waals surface area contributed by atoms with Crippen LogP contribution in [0.5, 0.6) is 0 Å². The first-order chi connectivity index (χ1) is 9.06. The molecule has 0 aromatic heterocycles. The highest BCUT2D eigenvalue weighted by molar-refractivity contribution is 9.10. The Kier molecular flexibility index (Phi) is 4.32. The Morgan fingerprint density at radius 3 is 2.79 bits per heavy atom. The van der Waals surface area contributed by atoms with E-state index in [2.05, 4.69) is 21.2 Å². The Hall–Kier alpha value is -1.68. The van der Waals surface area contributed by atoms with Crippen LogP contribution in [0.15, 0.2) is 46.9 Å². The third kappa shape index (κ3) is 3.64. The van der Waals surface area contributed by atoms with Crippen LogP contribution in [0.4, 0.5) is 4.39 Å². The molecule has 0 radical (unpaired) electrons. The minimum atomic E-state index is -0.523. The molecule has 0 saturated heterocycles. The van der Waals surface area contributed by atoms with Gasteiger partial charge in [0.05, 0.1) is 5.56 Å². The molecular weight excluding hydrogens is 309 g/mol. The molecule has 0 unspecified atom stereocenters. The lowest BCUT2D eigenvalue weighted by atomic mass is 10.1. The highest BCUT2D eigenvalue weighted by Crippen LogP contribution is 2.15. The van der Waals surface area contributed by atoms with Crippen LogP contribution < -0.4 is 5.32 Å². The van der Waals surface area contributed by atoms with Crippen molar-refractivity contribution in [1.82, 2.24) is 5.32 Å². The van der Waals surface area contributed by atoms with Gasteiger partial charge in [-0.1, -0.05) is 45.8 Å². The van der Waals surface area contributed by atoms with Crippen LogP contribution in [0, 0.1) is 12.7 Å². The smallest absolute Gasteiger partial charge is 0.254 e. The molecule has 0 saturated carbocycles. The second-order valence-corrected chi connectivity index (χ2v) is 5.21. The summed E-state index contributed by atoms with van der Waals surface area (Å²) in [6.45, 7) is 2.37. The number of hydrogen-bond donors (Lipinski definition) is 1. The highest BCUT2D eigenvalue weighted by atomic mass is 79.9. The number of benzene rings is 2. The van der Waals surface area contributed by atoms with Crippen LogP contribution in [0.3, 0.4) is 0 Å². The number of nitrogens with one attached hydrogen (secondary N) is 1. The van der Waals surface area contributed by atoms with Gasteiger partial charge in [-0.05, 0) is 30.7 Å². The van der Waals surface area contributed by atoms with E-state index in [4.69, 9.17) is 0 Å². The predicted molar refractivity (Wildman–Crippen MR) is 76.4 cm³/mol. The number of carbonyl (C=O) groups is 1. The van der Waals surface area contributed by atoms with Gasteiger partial charge >= 0.3 is 0 Å². The Bertz CT molecular complexity index is 613. The van der Waals surface area contributed by atoms with Gasteiger partial charge in [0, 0.05) is 11.0 Å². The average molecular weight is 322 g/mol. The molecule has 0 atom stereocenters. The van der Waals surface area contributed by atoms with Gasteiger partial charge in [-0.25, -0.2) is 4.39 Å². The Labute approximate surface area is 119 Å². The third-order valence-electron chi connectivity index (χ3n) is 2.71. The van der Waals surface area contributed by atoms with Crippen molar-refractivity contribution >= 4 is 21.8 Å². The molecule has 2 nitrogen and oxygen atoms in total. The maximum absolute atomic E-state index is 13.5. The third-order valence-corrected chi connectivity index (χ3v) is 3.20. The van der Waals surface area contributed by atoms with E-state index in [1.165, 1.54) is 12.1 Å². The van der Waals surface area contributed by atoms with Crippen LogP contribution in [0.2, 0.25) is 0 Å². The summed E-state index contributed by atoms with van der Waals surface area (Å²) in [7, 11) is 0. The van der Waals surface area contributed by atoms with Crippen LogP contribution >= 0.6 is 15.9 Å². The topological polar surface area (TPSA) is 29.1 Å². The van der Waals surface area contributed by atoms with E-state index in [0.29, 0.717) is 11.0 Å². The van der Waals surface area contributed by atoms with Gasteiger partial charge in [0.25, 0.3) is 5.91 Å². The molecule has 2 rings (SSSR count). The first-order valence-corrected chi connectivity index (χ1v) is 6.64. The van der Waals surface area contributed by atoms with Crippen molar-refractivity contribution in [3.8, 4) is 0 Å². The normalized spacial score (nSPS) is 10.3. The largest absolute Gasteiger partial charge is 0.348 e. The summed E-state index contributed by atoms with van der Waals surface area (Å²) in [5.74, 6) is -0.940. The molecule has 0 aliphatic rings. The Morgan fingerprint density at radius 2 is 2.05 bits per heavy atom. The fourth-order valence-corrected chi connectivity index (χ4v) is 2.13. The lowest BCUT2D eigenvalue weighted by molar-refractivity contribution is 0.0947. The standard InChI is InChI=1S/C15H13BrFNO/c1-10-3-2-4-11(7-10)9-18-15(19)13-8-12(16)5-6-14(13)17/h2-8H,9H2,1H3,(H,18,19). The van der Waals surface area contributed by atoms with Crippen molar-refractivity contribution in [1.29, 1.82) is 0 Å². The van der Waals surface area contributed by atoms with E-state index in [1.807, 2.05) is 31.2 Å². The zero-order valence-corrected chi connectivity index (χ0v) is 12.0. The minimum absolute atomic E-state index is 0.0435. The van der Waals surface area contributed by atoms with Crippen molar-refractivity contribution in [3.05, 3.63) is 69.4 Å². The molecular formula is C15H13BrFNO. The molecule has 4 heteroatoms. The zero-order chi connectivity index (χ0) is 13.8. The molecule has 0 spiro atoms. The molecule has 0 aliphatic carbocycles. The maximum atomic E-state index is 13.5. The predicted octanol–water partition coefficient (Wildman–Crippen LogP) is 3.83. The zero-order valence-electron chi connectivity index (χ0n) is 10.4. The molecule has 2 aromatic rings. The van der Waals surface area contributed by atoms with E-state index < -0.39 is 11.7 Å². The number of halogens is 2. The fourth-order valence-electron chi connectivity index (χ4n) is 1.77. The van der Waals surface area contributed by atoms with E-state index in [1.54, 1.807) is 6.07 Å². The number of rotatable bonds is 3. The molecule has 1 N–H and O–H groups in total. The molecule has 2 aromatic carbocycles. The number of carbonyl (C=O) groups excluding carboxylic acids is 1. The fraction of sp³-hybridized carbons (Fsp3) is 0.133. The summed E-state index contributed by atoms with van der Waals surface area (Å²) in [5.41, 5.74) is 2.16. The lowest BCUT2D eigenvalue weighted by Gasteiger charge is -2.07. The summed E-state index contributed by atoms with van der Waals surface area (Å²) >= 11 is 3.22. The summed E-state index contributed by atoms with van der Waals surface area (Å²) in [6.07, 6.45) is 0. The second-order valence-electron chi connectivity index (χ2n) is 4.30. The van der Waals surface area contributed by atoms with Crippen molar-refractivity contribution < 1.29 is 9.18 Å².